The third kappa shape index (κ3) is 2.61. The van der Waals surface area contributed by atoms with Crippen molar-refractivity contribution < 1.29 is 4.74 Å². The highest BCUT2D eigenvalue weighted by Gasteiger charge is 2.68. The Morgan fingerprint density at radius 1 is 0.867 bits per heavy atom. The van der Waals surface area contributed by atoms with E-state index >= 15 is 0 Å². The summed E-state index contributed by atoms with van der Waals surface area (Å²) >= 11 is 0. The smallest absolute Gasteiger partial charge is 0.122 e. The van der Waals surface area contributed by atoms with Crippen LogP contribution in [0.5, 0.6) is 0 Å². The van der Waals surface area contributed by atoms with Gasteiger partial charge in [-0.05, 0) is 111 Å². The molecule has 3 N–H and O–H groups in total. The minimum absolute atomic E-state index is 0.0180. The summed E-state index contributed by atoms with van der Waals surface area (Å²) in [6.07, 6.45) is 14.1. The fourth-order valence-electron chi connectivity index (χ4n) is 10.5. The van der Waals surface area contributed by atoms with Crippen LogP contribution in [0.4, 0.5) is 0 Å². The molecule has 2 heterocycles. The van der Waals surface area contributed by atoms with E-state index in [1.807, 2.05) is 0 Å². The van der Waals surface area contributed by atoms with E-state index in [2.05, 4.69) is 33.0 Å². The quantitative estimate of drug-likeness (QED) is 0.563. The molecule has 4 saturated carbocycles. The van der Waals surface area contributed by atoms with Crippen LogP contribution in [-0.2, 0) is 4.74 Å². The summed E-state index contributed by atoms with van der Waals surface area (Å²) in [7, 11) is 0. The maximum absolute atomic E-state index is 7.03. The molecule has 0 aromatic rings. The van der Waals surface area contributed by atoms with Crippen LogP contribution in [0, 0.1) is 52.3 Å². The molecule has 0 amide bonds. The van der Waals surface area contributed by atoms with Gasteiger partial charge >= 0.3 is 0 Å². The zero-order chi connectivity index (χ0) is 20.9. The zero-order valence-electron chi connectivity index (χ0n) is 20.0. The van der Waals surface area contributed by atoms with Crippen molar-refractivity contribution in [3.8, 4) is 0 Å². The summed E-state index contributed by atoms with van der Waals surface area (Å²) in [5.74, 6) is 5.87. The molecule has 6 fully saturated rings. The lowest BCUT2D eigenvalue weighted by molar-refractivity contribution is -0.133. The molecule has 0 aromatic heterocycles. The van der Waals surface area contributed by atoms with E-state index in [9.17, 15) is 0 Å². The number of nitrogens with one attached hydrogen (secondary N) is 1. The Hall–Kier alpha value is -0.120. The Balaban J connectivity index is 1.26. The summed E-state index contributed by atoms with van der Waals surface area (Å²) in [5.41, 5.74) is 7.44. The monoisotopic (exact) mass is 414 g/mol. The van der Waals surface area contributed by atoms with Gasteiger partial charge in [0, 0.05) is 18.5 Å². The second-order valence-corrected chi connectivity index (χ2v) is 13.4. The van der Waals surface area contributed by atoms with Crippen LogP contribution in [0.1, 0.15) is 91.9 Å². The third-order valence-corrected chi connectivity index (χ3v) is 12.2. The Labute approximate surface area is 184 Å². The molecule has 6 unspecified atom stereocenters. The van der Waals surface area contributed by atoms with Crippen LogP contribution in [0.15, 0.2) is 0 Å². The van der Waals surface area contributed by atoms with Gasteiger partial charge in [0.05, 0.1) is 6.10 Å². The molecule has 170 valence electrons. The van der Waals surface area contributed by atoms with Crippen molar-refractivity contribution in [2.45, 2.75) is 110 Å². The molecule has 2 saturated heterocycles. The number of ether oxygens (including phenoxy) is 1. The zero-order valence-corrected chi connectivity index (χ0v) is 20.0. The third-order valence-electron chi connectivity index (χ3n) is 12.2. The van der Waals surface area contributed by atoms with Crippen molar-refractivity contribution >= 4 is 0 Å². The molecule has 12 atom stereocenters. The minimum Gasteiger partial charge on any atom is -0.357 e. The lowest BCUT2D eigenvalue weighted by Crippen LogP contribution is -2.57. The molecule has 0 bridgehead atoms. The van der Waals surface area contributed by atoms with E-state index in [0.29, 0.717) is 28.9 Å². The number of rotatable bonds is 0. The van der Waals surface area contributed by atoms with Gasteiger partial charge in [0.1, 0.15) is 5.72 Å². The molecule has 6 rings (SSSR count). The molecular weight excluding hydrogens is 368 g/mol. The fraction of sp³-hybridized carbons (Fsp3) is 1.00. The molecule has 4 aliphatic carbocycles. The van der Waals surface area contributed by atoms with Crippen LogP contribution >= 0.6 is 0 Å². The summed E-state index contributed by atoms with van der Waals surface area (Å²) in [5, 5.41) is 3.90. The van der Waals surface area contributed by atoms with Crippen molar-refractivity contribution in [3.63, 3.8) is 0 Å². The van der Waals surface area contributed by atoms with Gasteiger partial charge in [-0.2, -0.15) is 0 Å². The van der Waals surface area contributed by atoms with Gasteiger partial charge in [-0.3, -0.25) is 5.32 Å². The predicted octanol–water partition coefficient (Wildman–Crippen LogP) is 5.33. The summed E-state index contributed by atoms with van der Waals surface area (Å²) in [4.78, 5) is 0. The Kier molecular flexibility index (Phi) is 4.58. The first-order valence-electron chi connectivity index (χ1n) is 13.5. The molecule has 1 spiro atoms. The summed E-state index contributed by atoms with van der Waals surface area (Å²) in [6, 6.07) is 0.468. The number of fused-ring (bicyclic) bond motifs is 7. The average Bonchev–Trinajstić information content (AvgIpc) is 3.16. The van der Waals surface area contributed by atoms with Crippen LogP contribution < -0.4 is 11.1 Å². The lowest BCUT2D eigenvalue weighted by Gasteiger charge is -2.61. The molecule has 0 aromatic carbocycles. The van der Waals surface area contributed by atoms with Gasteiger partial charge in [-0.15, -0.1) is 0 Å². The lowest BCUT2D eigenvalue weighted by atomic mass is 9.44. The van der Waals surface area contributed by atoms with Crippen LogP contribution in [-0.4, -0.2) is 24.4 Å². The fourth-order valence-corrected chi connectivity index (χ4v) is 10.5. The highest BCUT2D eigenvalue weighted by molar-refractivity contribution is 5.16. The summed E-state index contributed by atoms with van der Waals surface area (Å²) < 4.78 is 7.03. The summed E-state index contributed by atoms with van der Waals surface area (Å²) in [6.45, 7) is 11.4. The molecule has 3 heteroatoms. The molecule has 3 nitrogen and oxygen atoms in total. The minimum atomic E-state index is -0.0180. The Bertz CT molecular complexity index is 686. The highest BCUT2D eigenvalue weighted by Crippen LogP contribution is 2.70. The first-order chi connectivity index (χ1) is 14.3. The van der Waals surface area contributed by atoms with Gasteiger partial charge in [0.25, 0.3) is 0 Å². The molecular formula is C27H46N2O. The van der Waals surface area contributed by atoms with E-state index in [1.54, 1.807) is 0 Å². The van der Waals surface area contributed by atoms with Crippen LogP contribution in [0.2, 0.25) is 0 Å². The molecule has 30 heavy (non-hydrogen) atoms. The van der Waals surface area contributed by atoms with E-state index in [4.69, 9.17) is 10.5 Å². The first kappa shape index (κ1) is 20.5. The molecule has 6 aliphatic rings. The van der Waals surface area contributed by atoms with Gasteiger partial charge in [-0.25, -0.2) is 0 Å². The number of hydrogen-bond acceptors (Lipinski definition) is 3. The SMILES string of the molecule is C[C@H]1CC[C@]2(NC1)OC1CC3[C@@H]4CCC5CC(N)CC[C@]5(C)C4CC[C@]3(C)C1[C@@H]2C. The second-order valence-electron chi connectivity index (χ2n) is 13.4. The Morgan fingerprint density at radius 3 is 2.43 bits per heavy atom. The van der Waals surface area contributed by atoms with Crippen molar-refractivity contribution in [2.75, 3.05) is 6.54 Å². The number of piperidine rings is 1. The standard InChI is InChI=1S/C27H46N2O/c1-16-7-12-27(29-15-16)17(2)24-23(30-27)14-22-20-6-5-18-13-19(28)8-10-25(18,3)21(20)9-11-26(22,24)4/h16-24,29H,5-15,28H2,1-4H3/t16-,17-,18?,19?,20+,21?,22?,23?,24?,25-,26-,27-/m0/s1. The van der Waals surface area contributed by atoms with Crippen LogP contribution in [0.3, 0.4) is 0 Å². The van der Waals surface area contributed by atoms with Crippen molar-refractivity contribution in [3.05, 3.63) is 0 Å². The van der Waals surface area contributed by atoms with Gasteiger partial charge < -0.3 is 10.5 Å². The second kappa shape index (κ2) is 6.70. The van der Waals surface area contributed by atoms with E-state index in [-0.39, 0.29) is 5.72 Å². The first-order valence-corrected chi connectivity index (χ1v) is 13.5. The van der Waals surface area contributed by atoms with E-state index in [0.717, 1.165) is 42.1 Å². The number of nitrogens with two attached hydrogens (primary N) is 1. The van der Waals surface area contributed by atoms with E-state index < -0.39 is 0 Å². The van der Waals surface area contributed by atoms with Gasteiger partial charge in [0.15, 0.2) is 0 Å². The maximum atomic E-state index is 7.03. The van der Waals surface area contributed by atoms with Gasteiger partial charge in [-0.1, -0.05) is 27.7 Å². The van der Waals surface area contributed by atoms with Gasteiger partial charge in [0.2, 0.25) is 0 Å². The van der Waals surface area contributed by atoms with Crippen molar-refractivity contribution in [1.82, 2.24) is 5.32 Å². The largest absolute Gasteiger partial charge is 0.357 e. The highest BCUT2D eigenvalue weighted by atomic mass is 16.5. The average molecular weight is 415 g/mol. The van der Waals surface area contributed by atoms with Crippen molar-refractivity contribution in [1.29, 1.82) is 0 Å². The molecule has 0 radical (unpaired) electrons. The number of hydrogen-bond donors (Lipinski definition) is 2. The van der Waals surface area contributed by atoms with Crippen LogP contribution in [0.25, 0.3) is 0 Å². The Morgan fingerprint density at radius 2 is 1.67 bits per heavy atom. The normalized spacial score (nSPS) is 62.5. The maximum Gasteiger partial charge on any atom is 0.122 e. The topological polar surface area (TPSA) is 47.3 Å². The predicted molar refractivity (Wildman–Crippen MR) is 122 cm³/mol. The molecule has 2 aliphatic heterocycles. The van der Waals surface area contributed by atoms with Crippen molar-refractivity contribution in [2.24, 2.45) is 58.0 Å². The van der Waals surface area contributed by atoms with E-state index in [1.165, 1.54) is 64.2 Å².